The van der Waals surface area contributed by atoms with Crippen molar-refractivity contribution in [2.45, 2.75) is 13.8 Å². The molecular weight excluding hydrogens is 555 g/mol. The number of rotatable bonds is 7. The average Bonchev–Trinajstić information content (AvgIpc) is 3.12. The molecule has 1 heteroatoms. The van der Waals surface area contributed by atoms with E-state index in [1.54, 1.807) is 0 Å². The van der Waals surface area contributed by atoms with Gasteiger partial charge in [0.15, 0.2) is 0 Å². The van der Waals surface area contributed by atoms with Crippen LogP contribution in [0.2, 0.25) is 0 Å². The summed E-state index contributed by atoms with van der Waals surface area (Å²) < 4.78 is 0. The molecule has 0 fully saturated rings. The van der Waals surface area contributed by atoms with Gasteiger partial charge in [-0.2, -0.15) is 0 Å². The van der Waals surface area contributed by atoms with E-state index in [1.165, 1.54) is 44.5 Å². The number of nitrogens with zero attached hydrogens (tertiary/aromatic N) is 1. The summed E-state index contributed by atoms with van der Waals surface area (Å²) in [5.74, 6) is 0. The van der Waals surface area contributed by atoms with Gasteiger partial charge in [-0.15, -0.1) is 0 Å². The summed E-state index contributed by atoms with van der Waals surface area (Å²) >= 11 is 0. The Hall–Kier alpha value is -5.79. The molecule has 0 aliphatic carbocycles. The Balaban J connectivity index is 1.26. The molecule has 0 unspecified atom stereocenters. The van der Waals surface area contributed by atoms with Gasteiger partial charge in [-0.3, -0.25) is 0 Å². The summed E-state index contributed by atoms with van der Waals surface area (Å²) in [6.07, 6.45) is 1.87. The first-order chi connectivity index (χ1) is 22.5. The zero-order valence-corrected chi connectivity index (χ0v) is 26.2. The maximum atomic E-state index is 5.20. The predicted octanol–water partition coefficient (Wildman–Crippen LogP) is 12.3. The number of benzene rings is 6. The van der Waals surface area contributed by atoms with E-state index in [4.69, 9.17) is 4.98 Å². The smallest absolute Gasteiger partial charge is 0.0715 e. The molecule has 0 saturated carbocycles. The summed E-state index contributed by atoms with van der Waals surface area (Å²) in [4.78, 5) is 5.20. The maximum Gasteiger partial charge on any atom is 0.0715 e. The van der Waals surface area contributed by atoms with Crippen molar-refractivity contribution in [2.24, 2.45) is 0 Å². The van der Waals surface area contributed by atoms with Crippen LogP contribution >= 0.6 is 0 Å². The number of aryl methyl sites for hydroxylation is 2. The van der Waals surface area contributed by atoms with E-state index in [1.807, 2.05) is 6.08 Å². The summed E-state index contributed by atoms with van der Waals surface area (Å²) in [5.41, 5.74) is 17.2. The van der Waals surface area contributed by atoms with Crippen LogP contribution in [0.15, 0.2) is 164 Å². The molecule has 0 aliphatic heterocycles. The molecule has 1 aromatic heterocycles. The van der Waals surface area contributed by atoms with E-state index in [2.05, 4.69) is 178 Å². The molecule has 6 aromatic carbocycles. The Bertz CT molecular complexity index is 1990. The second-order valence-corrected chi connectivity index (χ2v) is 11.9. The van der Waals surface area contributed by atoms with Crippen molar-refractivity contribution in [2.75, 3.05) is 0 Å². The van der Waals surface area contributed by atoms with Crippen molar-refractivity contribution in [3.05, 3.63) is 181 Å². The zero-order valence-electron chi connectivity index (χ0n) is 26.2. The standard InChI is InChI=1S/C45H35N/c1-4-33-9-15-36(16-10-33)37-17-19-40(20-18-37)43-29-44(41-25-21-38(22-26-41)34-11-5-31(2)6-12-34)46-45(30-43)42-27-23-39(24-28-42)35-13-7-32(3)8-14-35/h4-30H,1H2,2-3H3. The molecule has 0 spiro atoms. The Morgan fingerprint density at radius 3 is 0.935 bits per heavy atom. The highest BCUT2D eigenvalue weighted by atomic mass is 14.7. The fraction of sp³-hybridized carbons (Fsp3) is 0.0444. The lowest BCUT2D eigenvalue weighted by Crippen LogP contribution is -1.92. The largest absolute Gasteiger partial charge is 0.248 e. The minimum absolute atomic E-state index is 0.953. The van der Waals surface area contributed by atoms with Gasteiger partial charge in [0.25, 0.3) is 0 Å². The molecule has 0 N–H and O–H groups in total. The normalized spacial score (nSPS) is 10.9. The van der Waals surface area contributed by atoms with E-state index in [9.17, 15) is 0 Å². The average molecular weight is 590 g/mol. The Labute approximate surface area is 272 Å². The molecule has 0 bridgehead atoms. The number of hydrogen-bond donors (Lipinski definition) is 0. The van der Waals surface area contributed by atoms with E-state index in [0.717, 1.165) is 39.2 Å². The monoisotopic (exact) mass is 589 g/mol. The molecular formula is C45H35N. The van der Waals surface area contributed by atoms with Gasteiger partial charge < -0.3 is 0 Å². The maximum absolute atomic E-state index is 5.20. The Kier molecular flexibility index (Phi) is 7.98. The van der Waals surface area contributed by atoms with Crippen molar-refractivity contribution in [3.8, 4) is 67.0 Å². The molecule has 0 radical (unpaired) electrons. The minimum atomic E-state index is 0.953. The molecule has 1 heterocycles. The second kappa shape index (κ2) is 12.7. The van der Waals surface area contributed by atoms with Gasteiger partial charge in [0.05, 0.1) is 11.4 Å². The van der Waals surface area contributed by atoms with Gasteiger partial charge >= 0.3 is 0 Å². The fourth-order valence-corrected chi connectivity index (χ4v) is 5.82. The van der Waals surface area contributed by atoms with E-state index in [-0.39, 0.29) is 0 Å². The minimum Gasteiger partial charge on any atom is -0.248 e. The van der Waals surface area contributed by atoms with Crippen LogP contribution in [0, 0.1) is 13.8 Å². The van der Waals surface area contributed by atoms with Crippen molar-refractivity contribution < 1.29 is 0 Å². The Morgan fingerprint density at radius 1 is 0.348 bits per heavy atom. The molecule has 0 amide bonds. The summed E-state index contributed by atoms with van der Waals surface area (Å²) in [6, 6.07) is 56.6. The lowest BCUT2D eigenvalue weighted by atomic mass is 9.96. The van der Waals surface area contributed by atoms with E-state index in [0.29, 0.717) is 0 Å². The molecule has 220 valence electrons. The molecule has 0 aliphatic rings. The number of pyridine rings is 1. The van der Waals surface area contributed by atoms with Crippen molar-refractivity contribution in [1.29, 1.82) is 0 Å². The third-order valence-corrected chi connectivity index (χ3v) is 8.65. The van der Waals surface area contributed by atoms with Crippen molar-refractivity contribution in [3.63, 3.8) is 0 Å². The molecule has 7 aromatic rings. The van der Waals surface area contributed by atoms with Crippen molar-refractivity contribution >= 4 is 6.08 Å². The number of hydrogen-bond acceptors (Lipinski definition) is 1. The van der Waals surface area contributed by atoms with Gasteiger partial charge in [0, 0.05) is 11.1 Å². The highest BCUT2D eigenvalue weighted by molar-refractivity contribution is 5.80. The van der Waals surface area contributed by atoms with Crippen LogP contribution < -0.4 is 0 Å². The van der Waals surface area contributed by atoms with Crippen LogP contribution in [0.3, 0.4) is 0 Å². The van der Waals surface area contributed by atoms with Crippen molar-refractivity contribution in [1.82, 2.24) is 4.98 Å². The molecule has 7 rings (SSSR count). The van der Waals surface area contributed by atoms with E-state index < -0.39 is 0 Å². The van der Waals surface area contributed by atoms with Gasteiger partial charge in [-0.05, 0) is 76.1 Å². The third-order valence-electron chi connectivity index (χ3n) is 8.65. The molecule has 0 saturated heterocycles. The predicted molar refractivity (Wildman–Crippen MR) is 196 cm³/mol. The summed E-state index contributed by atoms with van der Waals surface area (Å²) in [5, 5.41) is 0. The quantitative estimate of drug-likeness (QED) is 0.180. The van der Waals surface area contributed by atoms with Crippen LogP contribution in [0.4, 0.5) is 0 Å². The first-order valence-corrected chi connectivity index (χ1v) is 15.7. The second-order valence-electron chi connectivity index (χ2n) is 11.9. The zero-order chi connectivity index (χ0) is 31.5. The third kappa shape index (κ3) is 6.22. The van der Waals surface area contributed by atoms with Gasteiger partial charge in [-0.25, -0.2) is 4.98 Å². The van der Waals surface area contributed by atoms with E-state index >= 15 is 0 Å². The van der Waals surface area contributed by atoms with Gasteiger partial charge in [0.2, 0.25) is 0 Å². The lowest BCUT2D eigenvalue weighted by Gasteiger charge is -2.12. The molecule has 0 atom stereocenters. The highest BCUT2D eigenvalue weighted by Gasteiger charge is 2.11. The van der Waals surface area contributed by atoms with Crippen LogP contribution in [-0.2, 0) is 0 Å². The van der Waals surface area contributed by atoms with Gasteiger partial charge in [-0.1, -0.05) is 169 Å². The first-order valence-electron chi connectivity index (χ1n) is 15.7. The first kappa shape index (κ1) is 29.0. The van der Waals surface area contributed by atoms with Crippen LogP contribution in [0.25, 0.3) is 73.1 Å². The number of aromatic nitrogens is 1. The molecule has 46 heavy (non-hydrogen) atoms. The van der Waals surface area contributed by atoms with Crippen LogP contribution in [-0.4, -0.2) is 4.98 Å². The summed E-state index contributed by atoms with van der Waals surface area (Å²) in [7, 11) is 0. The Morgan fingerprint density at radius 2 is 0.609 bits per heavy atom. The van der Waals surface area contributed by atoms with Crippen LogP contribution in [0.1, 0.15) is 16.7 Å². The van der Waals surface area contributed by atoms with Crippen LogP contribution in [0.5, 0.6) is 0 Å². The fourth-order valence-electron chi connectivity index (χ4n) is 5.82. The molecule has 1 nitrogen and oxygen atoms in total. The highest BCUT2D eigenvalue weighted by Crippen LogP contribution is 2.33. The SMILES string of the molecule is C=Cc1ccc(-c2ccc(-c3cc(-c4ccc(-c5ccc(C)cc5)cc4)nc(-c4ccc(-c5ccc(C)cc5)cc4)c3)cc2)cc1. The topological polar surface area (TPSA) is 12.9 Å². The summed E-state index contributed by atoms with van der Waals surface area (Å²) in [6.45, 7) is 8.11. The van der Waals surface area contributed by atoms with Gasteiger partial charge in [0.1, 0.15) is 0 Å². The lowest BCUT2D eigenvalue weighted by molar-refractivity contribution is 1.32.